The molecule has 0 spiro atoms. The molecule has 6 N–H and O–H groups in total. The number of benzene rings is 2. The Morgan fingerprint density at radius 2 is 1.89 bits per heavy atom. The predicted octanol–water partition coefficient (Wildman–Crippen LogP) is 4.03. The number of halogens is 3. The molecule has 0 aliphatic heterocycles. The monoisotopic (exact) mass is 500 g/mol. The van der Waals surface area contributed by atoms with Crippen molar-refractivity contribution in [1.29, 1.82) is 0 Å². The van der Waals surface area contributed by atoms with Gasteiger partial charge >= 0.3 is 6.18 Å². The number of aromatic nitrogens is 1. The second kappa shape index (κ2) is 11.1. The zero-order chi connectivity index (χ0) is 26.5. The summed E-state index contributed by atoms with van der Waals surface area (Å²) in [6, 6.07) is 9.88. The molecule has 0 saturated heterocycles. The van der Waals surface area contributed by atoms with Crippen molar-refractivity contribution < 1.29 is 22.7 Å². The number of methoxy groups -OCH3 is 1. The van der Waals surface area contributed by atoms with E-state index in [-0.39, 0.29) is 17.8 Å². The molecule has 0 bridgehead atoms. The SMILES string of the molecule is CNCc1cc(NC(=O)c2ccc(C)c(N(N)/C=C(\N)c3cncc(OC)c3)c2)cc(C(F)(F)F)c1. The Hall–Kier alpha value is -4.09. The molecule has 1 amide bonds. The van der Waals surface area contributed by atoms with Gasteiger partial charge < -0.3 is 21.1 Å². The van der Waals surface area contributed by atoms with Crippen LogP contribution in [0.1, 0.15) is 32.6 Å². The number of pyridine rings is 1. The van der Waals surface area contributed by atoms with E-state index in [1.165, 1.54) is 36.6 Å². The van der Waals surface area contributed by atoms with Crippen molar-refractivity contribution in [3.63, 3.8) is 0 Å². The first-order chi connectivity index (χ1) is 17.0. The number of carbonyl (C=O) groups is 1. The maximum absolute atomic E-state index is 13.3. The number of hydrogen-bond donors (Lipinski definition) is 4. The highest BCUT2D eigenvalue weighted by Crippen LogP contribution is 2.32. The molecule has 2 aromatic carbocycles. The number of nitrogens with one attached hydrogen (secondary N) is 2. The van der Waals surface area contributed by atoms with E-state index >= 15 is 0 Å². The van der Waals surface area contributed by atoms with Crippen LogP contribution in [0.5, 0.6) is 5.75 Å². The Kier molecular flexibility index (Phi) is 8.18. The molecule has 190 valence electrons. The number of aryl methyl sites for hydroxylation is 1. The van der Waals surface area contributed by atoms with Gasteiger partial charge in [-0.05, 0) is 61.5 Å². The van der Waals surface area contributed by atoms with E-state index in [1.807, 2.05) is 0 Å². The lowest BCUT2D eigenvalue weighted by Crippen LogP contribution is -2.27. The Bertz CT molecular complexity index is 1280. The molecule has 11 heteroatoms. The first-order valence-electron chi connectivity index (χ1n) is 10.8. The average molecular weight is 501 g/mol. The van der Waals surface area contributed by atoms with E-state index in [4.69, 9.17) is 16.3 Å². The van der Waals surface area contributed by atoms with Gasteiger partial charge in [0.15, 0.2) is 0 Å². The zero-order valence-electron chi connectivity index (χ0n) is 20.0. The molecule has 0 radical (unpaired) electrons. The fraction of sp³-hybridized carbons (Fsp3) is 0.200. The van der Waals surface area contributed by atoms with Crippen molar-refractivity contribution >= 4 is 23.0 Å². The highest BCUT2D eigenvalue weighted by atomic mass is 19.4. The molecule has 3 aromatic rings. The quantitative estimate of drug-likeness (QED) is 0.272. The summed E-state index contributed by atoms with van der Waals surface area (Å²) in [6.45, 7) is 2.00. The van der Waals surface area contributed by atoms with Crippen LogP contribution in [0.15, 0.2) is 61.1 Å². The first-order valence-corrected chi connectivity index (χ1v) is 10.8. The summed E-state index contributed by atoms with van der Waals surface area (Å²) in [7, 11) is 3.13. The van der Waals surface area contributed by atoms with E-state index < -0.39 is 17.6 Å². The normalized spacial score (nSPS) is 11.8. The van der Waals surface area contributed by atoms with Gasteiger partial charge in [-0.1, -0.05) is 6.07 Å². The molecule has 8 nitrogen and oxygen atoms in total. The summed E-state index contributed by atoms with van der Waals surface area (Å²) in [6.07, 6.45) is 0.00775. The highest BCUT2D eigenvalue weighted by Gasteiger charge is 2.31. The first kappa shape index (κ1) is 26.5. The van der Waals surface area contributed by atoms with Crippen LogP contribution in [0.25, 0.3) is 5.70 Å². The summed E-state index contributed by atoms with van der Waals surface area (Å²) in [5.41, 5.74) is 8.03. The standard InChI is InChI=1S/C25H27F3N6O2/c1-15-4-5-17(9-23(15)34(30)14-22(29)18-8-21(36-3)13-32-12-18)24(35)33-20-7-16(11-31-2)6-19(10-20)25(26,27)28/h4-10,12-14,31H,11,29-30H2,1-3H3,(H,33,35)/b22-14-. The van der Waals surface area contributed by atoms with Crippen LogP contribution in [0.4, 0.5) is 24.5 Å². The molecule has 0 saturated carbocycles. The maximum Gasteiger partial charge on any atom is 0.416 e. The number of nitrogens with two attached hydrogens (primary N) is 2. The topological polar surface area (TPSA) is 119 Å². The minimum atomic E-state index is -4.55. The van der Waals surface area contributed by atoms with E-state index in [9.17, 15) is 18.0 Å². The summed E-state index contributed by atoms with van der Waals surface area (Å²) in [5, 5.41) is 6.61. The number of rotatable bonds is 8. The van der Waals surface area contributed by atoms with Gasteiger partial charge in [0.1, 0.15) is 5.75 Å². The average Bonchev–Trinajstić information content (AvgIpc) is 2.83. The molecule has 1 heterocycles. The number of hydrogen-bond acceptors (Lipinski definition) is 7. The number of hydrazine groups is 1. The van der Waals surface area contributed by atoms with Crippen molar-refractivity contribution in [2.24, 2.45) is 11.6 Å². The van der Waals surface area contributed by atoms with Crippen LogP contribution >= 0.6 is 0 Å². The molecule has 0 atom stereocenters. The molecule has 0 aliphatic carbocycles. The summed E-state index contributed by atoms with van der Waals surface area (Å²) >= 11 is 0. The minimum Gasteiger partial charge on any atom is -0.495 e. The van der Waals surface area contributed by atoms with Crippen molar-refractivity contribution in [2.75, 3.05) is 24.5 Å². The van der Waals surface area contributed by atoms with Gasteiger partial charge in [-0.15, -0.1) is 0 Å². The molecule has 1 aromatic heterocycles. The van der Waals surface area contributed by atoms with Crippen molar-refractivity contribution in [3.8, 4) is 5.75 Å². The van der Waals surface area contributed by atoms with E-state index in [1.54, 1.807) is 38.4 Å². The fourth-order valence-corrected chi connectivity index (χ4v) is 3.45. The lowest BCUT2D eigenvalue weighted by Gasteiger charge is -2.19. The van der Waals surface area contributed by atoms with E-state index in [0.29, 0.717) is 28.3 Å². The van der Waals surface area contributed by atoms with E-state index in [0.717, 1.165) is 17.7 Å². The molecule has 0 unspecified atom stereocenters. The van der Waals surface area contributed by atoms with Gasteiger partial charge in [0.25, 0.3) is 5.91 Å². The Labute approximate surface area is 206 Å². The highest BCUT2D eigenvalue weighted by molar-refractivity contribution is 6.05. The van der Waals surface area contributed by atoms with Gasteiger partial charge in [-0.2, -0.15) is 13.2 Å². The van der Waals surface area contributed by atoms with Crippen LogP contribution < -0.4 is 32.0 Å². The van der Waals surface area contributed by atoms with Gasteiger partial charge in [0.05, 0.1) is 30.3 Å². The van der Waals surface area contributed by atoms with Crippen LogP contribution in [0.3, 0.4) is 0 Å². The van der Waals surface area contributed by atoms with Gasteiger partial charge in [-0.3, -0.25) is 14.8 Å². The fourth-order valence-electron chi connectivity index (χ4n) is 3.45. The second-order valence-electron chi connectivity index (χ2n) is 8.01. The Balaban J connectivity index is 1.87. The molecular weight excluding hydrogens is 473 g/mol. The predicted molar refractivity (Wildman–Crippen MR) is 133 cm³/mol. The summed E-state index contributed by atoms with van der Waals surface area (Å²) < 4.78 is 45.1. The van der Waals surface area contributed by atoms with Gasteiger partial charge in [0, 0.05) is 35.8 Å². The lowest BCUT2D eigenvalue weighted by molar-refractivity contribution is -0.137. The number of carbonyl (C=O) groups excluding carboxylic acids is 1. The van der Waals surface area contributed by atoms with Crippen LogP contribution in [-0.2, 0) is 12.7 Å². The third-order valence-corrected chi connectivity index (χ3v) is 5.27. The van der Waals surface area contributed by atoms with Gasteiger partial charge in [-0.25, -0.2) is 5.84 Å². The van der Waals surface area contributed by atoms with Crippen LogP contribution in [-0.4, -0.2) is 25.0 Å². The minimum absolute atomic E-state index is 0.0291. The molecule has 36 heavy (non-hydrogen) atoms. The van der Waals surface area contributed by atoms with Crippen molar-refractivity contribution in [2.45, 2.75) is 19.6 Å². The number of ether oxygens (including phenoxy) is 1. The molecule has 0 aliphatic rings. The smallest absolute Gasteiger partial charge is 0.416 e. The Morgan fingerprint density at radius 3 is 2.56 bits per heavy atom. The van der Waals surface area contributed by atoms with E-state index in [2.05, 4.69) is 15.6 Å². The third-order valence-electron chi connectivity index (χ3n) is 5.27. The summed E-state index contributed by atoms with van der Waals surface area (Å²) in [5.74, 6) is 6.14. The zero-order valence-corrected chi connectivity index (χ0v) is 20.0. The molecular formula is C25H27F3N6O2. The maximum atomic E-state index is 13.3. The van der Waals surface area contributed by atoms with Gasteiger partial charge in [0.2, 0.25) is 0 Å². The number of nitrogens with zero attached hydrogens (tertiary/aromatic N) is 2. The number of anilines is 2. The van der Waals surface area contributed by atoms with Crippen molar-refractivity contribution in [3.05, 3.63) is 88.9 Å². The third kappa shape index (κ3) is 6.52. The Morgan fingerprint density at radius 1 is 1.14 bits per heavy atom. The lowest BCUT2D eigenvalue weighted by atomic mass is 10.1. The number of alkyl halides is 3. The second-order valence-corrected chi connectivity index (χ2v) is 8.01. The summed E-state index contributed by atoms with van der Waals surface area (Å²) in [4.78, 5) is 17.0. The van der Waals surface area contributed by atoms with Crippen LogP contribution in [0, 0.1) is 6.92 Å². The number of amides is 1. The molecule has 3 rings (SSSR count). The largest absolute Gasteiger partial charge is 0.495 e. The van der Waals surface area contributed by atoms with Crippen molar-refractivity contribution in [1.82, 2.24) is 10.3 Å². The molecule has 0 fully saturated rings. The van der Waals surface area contributed by atoms with Crippen LogP contribution in [0.2, 0.25) is 0 Å².